The van der Waals surface area contributed by atoms with Crippen molar-refractivity contribution in [3.8, 4) is 11.1 Å². The summed E-state index contributed by atoms with van der Waals surface area (Å²) in [4.78, 5) is 14.7. The highest BCUT2D eigenvalue weighted by atomic mass is 32.2. The number of carbonyl (C=O) groups excluding carboxylic acids is 1. The SMILES string of the molecule is CCN(C(=O)c1cccc(-c2cnn3ccccc23)c1)[C@H]1CCS(=O)(=O)C1. The molecule has 0 radical (unpaired) electrons. The van der Waals surface area contributed by atoms with E-state index in [0.29, 0.717) is 18.5 Å². The molecular weight excluding hydrogens is 362 g/mol. The molecule has 1 amide bonds. The minimum Gasteiger partial charge on any atom is -0.335 e. The highest BCUT2D eigenvalue weighted by Gasteiger charge is 2.34. The zero-order valence-electron chi connectivity index (χ0n) is 15.1. The molecule has 27 heavy (non-hydrogen) atoms. The Balaban J connectivity index is 1.66. The largest absolute Gasteiger partial charge is 0.335 e. The molecular formula is C20H21N3O3S. The van der Waals surface area contributed by atoms with E-state index in [1.165, 1.54) is 0 Å². The molecule has 1 fully saturated rings. The molecule has 1 aliphatic rings. The number of hydrogen-bond acceptors (Lipinski definition) is 4. The predicted molar refractivity (Wildman–Crippen MR) is 104 cm³/mol. The van der Waals surface area contributed by atoms with Crippen LogP contribution in [0.4, 0.5) is 0 Å². The molecule has 1 saturated heterocycles. The molecule has 0 bridgehead atoms. The van der Waals surface area contributed by atoms with Crippen LogP contribution >= 0.6 is 0 Å². The van der Waals surface area contributed by atoms with E-state index in [-0.39, 0.29) is 23.5 Å². The standard InChI is InChI=1S/C20H21N3O3S/c1-2-22(17-9-11-27(25,26)14-17)20(24)16-7-5-6-15(12-16)18-13-21-23-10-4-3-8-19(18)23/h3-8,10,12-13,17H,2,9,11,14H2,1H3/t17-/m0/s1. The highest BCUT2D eigenvalue weighted by Crippen LogP contribution is 2.26. The van der Waals surface area contributed by atoms with Crippen molar-refractivity contribution < 1.29 is 13.2 Å². The second-order valence-corrected chi connectivity index (χ2v) is 9.05. The van der Waals surface area contributed by atoms with Crippen LogP contribution in [0.15, 0.2) is 54.9 Å². The van der Waals surface area contributed by atoms with E-state index < -0.39 is 9.84 Å². The van der Waals surface area contributed by atoms with Gasteiger partial charge in [0, 0.05) is 29.9 Å². The van der Waals surface area contributed by atoms with E-state index in [9.17, 15) is 13.2 Å². The molecule has 3 aromatic rings. The lowest BCUT2D eigenvalue weighted by molar-refractivity contribution is 0.0708. The fourth-order valence-corrected chi connectivity index (χ4v) is 5.46. The van der Waals surface area contributed by atoms with Gasteiger partial charge in [0.15, 0.2) is 9.84 Å². The van der Waals surface area contributed by atoms with Crippen molar-refractivity contribution in [1.29, 1.82) is 0 Å². The quantitative estimate of drug-likeness (QED) is 0.694. The van der Waals surface area contributed by atoms with Crippen molar-refractivity contribution in [1.82, 2.24) is 14.5 Å². The van der Waals surface area contributed by atoms with Gasteiger partial charge in [0.05, 0.1) is 23.2 Å². The first kappa shape index (κ1) is 17.7. The molecule has 1 aromatic carbocycles. The molecule has 4 rings (SSSR count). The summed E-state index contributed by atoms with van der Waals surface area (Å²) in [5.41, 5.74) is 3.40. The zero-order chi connectivity index (χ0) is 19.0. The number of carbonyl (C=O) groups is 1. The van der Waals surface area contributed by atoms with Crippen molar-refractivity contribution in [2.24, 2.45) is 0 Å². The van der Waals surface area contributed by atoms with E-state index in [4.69, 9.17) is 0 Å². The third-order valence-corrected chi connectivity index (χ3v) is 6.85. The third kappa shape index (κ3) is 3.35. The Morgan fingerprint density at radius 2 is 2.11 bits per heavy atom. The maximum Gasteiger partial charge on any atom is 0.254 e. The number of benzene rings is 1. The van der Waals surface area contributed by atoms with Gasteiger partial charge >= 0.3 is 0 Å². The third-order valence-electron chi connectivity index (χ3n) is 5.10. The van der Waals surface area contributed by atoms with Crippen LogP contribution in [0, 0.1) is 0 Å². The minimum atomic E-state index is -3.04. The summed E-state index contributed by atoms with van der Waals surface area (Å²) in [7, 11) is -3.04. The molecule has 6 nitrogen and oxygen atoms in total. The first-order chi connectivity index (χ1) is 13.0. The van der Waals surface area contributed by atoms with E-state index in [1.807, 2.05) is 49.5 Å². The fraction of sp³-hybridized carbons (Fsp3) is 0.300. The molecule has 0 saturated carbocycles. The van der Waals surface area contributed by atoms with Gasteiger partial charge in [-0.1, -0.05) is 18.2 Å². The number of amides is 1. The lowest BCUT2D eigenvalue weighted by Crippen LogP contribution is -2.40. The first-order valence-electron chi connectivity index (χ1n) is 9.03. The van der Waals surface area contributed by atoms with Crippen LogP contribution in [0.1, 0.15) is 23.7 Å². The summed E-state index contributed by atoms with van der Waals surface area (Å²) < 4.78 is 25.4. The smallest absolute Gasteiger partial charge is 0.254 e. The second kappa shape index (κ2) is 6.81. The van der Waals surface area contributed by atoms with E-state index in [2.05, 4.69) is 5.10 Å². The summed E-state index contributed by atoms with van der Waals surface area (Å²) in [5, 5.41) is 4.35. The van der Waals surface area contributed by atoms with Crippen molar-refractivity contribution in [2.45, 2.75) is 19.4 Å². The molecule has 2 aromatic heterocycles. The molecule has 3 heterocycles. The number of rotatable bonds is 4. The highest BCUT2D eigenvalue weighted by molar-refractivity contribution is 7.91. The molecule has 0 N–H and O–H groups in total. The van der Waals surface area contributed by atoms with Crippen LogP contribution in [0.3, 0.4) is 0 Å². The van der Waals surface area contributed by atoms with Crippen molar-refractivity contribution in [3.05, 3.63) is 60.4 Å². The Hall–Kier alpha value is -2.67. The Kier molecular flexibility index (Phi) is 4.47. The van der Waals surface area contributed by atoms with Gasteiger partial charge in [-0.05, 0) is 43.2 Å². The van der Waals surface area contributed by atoms with Gasteiger partial charge in [0.1, 0.15) is 0 Å². The summed E-state index contributed by atoms with van der Waals surface area (Å²) in [6.07, 6.45) is 4.18. The van der Waals surface area contributed by atoms with Crippen LogP contribution in [0.2, 0.25) is 0 Å². The average Bonchev–Trinajstić information content (AvgIpc) is 3.25. The topological polar surface area (TPSA) is 71.8 Å². The Bertz CT molecular complexity index is 1100. The summed E-state index contributed by atoms with van der Waals surface area (Å²) in [6, 6.07) is 13.1. The molecule has 0 aliphatic carbocycles. The van der Waals surface area contributed by atoms with Gasteiger partial charge < -0.3 is 4.90 Å². The summed E-state index contributed by atoms with van der Waals surface area (Å²) in [5.74, 6) is 0.0856. The number of hydrogen-bond donors (Lipinski definition) is 0. The van der Waals surface area contributed by atoms with Crippen molar-refractivity contribution >= 4 is 21.3 Å². The van der Waals surface area contributed by atoms with Gasteiger partial charge in [0.2, 0.25) is 0 Å². The molecule has 140 valence electrons. The fourth-order valence-electron chi connectivity index (χ4n) is 3.73. The summed E-state index contributed by atoms with van der Waals surface area (Å²) >= 11 is 0. The number of fused-ring (bicyclic) bond motifs is 1. The number of sulfone groups is 1. The molecule has 7 heteroatoms. The maximum absolute atomic E-state index is 13.1. The van der Waals surface area contributed by atoms with E-state index >= 15 is 0 Å². The normalized spacial score (nSPS) is 18.6. The molecule has 1 atom stereocenters. The van der Waals surface area contributed by atoms with Gasteiger partial charge in [-0.3, -0.25) is 4.79 Å². The lowest BCUT2D eigenvalue weighted by Gasteiger charge is -2.27. The molecule has 0 unspecified atom stereocenters. The number of pyridine rings is 1. The number of nitrogens with zero attached hydrogens (tertiary/aromatic N) is 3. The average molecular weight is 383 g/mol. The predicted octanol–water partition coefficient (Wildman–Crippen LogP) is 2.65. The van der Waals surface area contributed by atoms with Crippen LogP contribution in [0.5, 0.6) is 0 Å². The molecule has 1 aliphatic heterocycles. The zero-order valence-corrected chi connectivity index (χ0v) is 15.9. The summed E-state index contributed by atoms with van der Waals surface area (Å²) in [6.45, 7) is 2.37. The van der Waals surface area contributed by atoms with E-state index in [0.717, 1.165) is 16.6 Å². The van der Waals surface area contributed by atoms with Crippen LogP contribution in [-0.4, -0.2) is 52.9 Å². The Morgan fingerprint density at radius 1 is 1.26 bits per heavy atom. The lowest BCUT2D eigenvalue weighted by atomic mass is 10.0. The minimum absolute atomic E-state index is 0.0559. The number of aromatic nitrogens is 2. The Morgan fingerprint density at radius 3 is 2.85 bits per heavy atom. The van der Waals surface area contributed by atoms with Gasteiger partial charge in [-0.2, -0.15) is 5.10 Å². The van der Waals surface area contributed by atoms with Gasteiger partial charge in [0.25, 0.3) is 5.91 Å². The Labute approximate surface area is 158 Å². The monoisotopic (exact) mass is 383 g/mol. The van der Waals surface area contributed by atoms with Gasteiger partial charge in [-0.25, -0.2) is 12.9 Å². The first-order valence-corrected chi connectivity index (χ1v) is 10.8. The van der Waals surface area contributed by atoms with Crippen LogP contribution in [-0.2, 0) is 9.84 Å². The van der Waals surface area contributed by atoms with Crippen molar-refractivity contribution in [2.75, 3.05) is 18.1 Å². The maximum atomic E-state index is 13.1. The van der Waals surface area contributed by atoms with Gasteiger partial charge in [-0.15, -0.1) is 0 Å². The molecule has 0 spiro atoms. The van der Waals surface area contributed by atoms with Crippen LogP contribution < -0.4 is 0 Å². The second-order valence-electron chi connectivity index (χ2n) is 6.82. The van der Waals surface area contributed by atoms with E-state index in [1.54, 1.807) is 21.7 Å². The van der Waals surface area contributed by atoms with Crippen molar-refractivity contribution in [3.63, 3.8) is 0 Å². The van der Waals surface area contributed by atoms with Crippen LogP contribution in [0.25, 0.3) is 16.6 Å².